The smallest absolute Gasteiger partial charge is 0.153 e. The van der Waals surface area contributed by atoms with E-state index in [1.54, 1.807) is 0 Å². The Morgan fingerprint density at radius 3 is 3.00 bits per heavy atom. The second kappa shape index (κ2) is 5.13. The molecule has 0 aliphatic carbocycles. The molecule has 2 aliphatic heterocycles. The fraction of sp³-hybridized carbons (Fsp3) is 0.571. The van der Waals surface area contributed by atoms with Crippen molar-refractivity contribution in [3.8, 4) is 5.75 Å². The van der Waals surface area contributed by atoms with Crippen LogP contribution >= 0.6 is 0 Å². The summed E-state index contributed by atoms with van der Waals surface area (Å²) >= 11 is 0. The molecular weight excluding hydrogens is 262 g/mol. The molecule has 0 saturated carbocycles. The van der Waals surface area contributed by atoms with Crippen LogP contribution in [0.1, 0.15) is 24.0 Å². The number of benzene rings is 1. The number of ether oxygens (including phenoxy) is 1. The normalized spacial score (nSPS) is 25.6. The van der Waals surface area contributed by atoms with Crippen LogP contribution in [-0.2, 0) is 22.8 Å². The minimum absolute atomic E-state index is 0.155. The minimum Gasteiger partial charge on any atom is -0.489 e. The first-order chi connectivity index (χ1) is 9.12. The van der Waals surface area contributed by atoms with Crippen molar-refractivity contribution in [2.75, 3.05) is 18.1 Å². The first kappa shape index (κ1) is 12.9. The van der Waals surface area contributed by atoms with Gasteiger partial charge in [-0.05, 0) is 49.1 Å². The topological polar surface area (TPSA) is 55.4 Å². The highest BCUT2D eigenvalue weighted by Crippen LogP contribution is 2.24. The molecule has 0 amide bonds. The van der Waals surface area contributed by atoms with E-state index in [0.717, 1.165) is 31.7 Å². The van der Waals surface area contributed by atoms with Crippen LogP contribution in [0.25, 0.3) is 0 Å². The lowest BCUT2D eigenvalue weighted by molar-refractivity contribution is 0.207. The molecule has 0 bridgehead atoms. The van der Waals surface area contributed by atoms with E-state index in [0.29, 0.717) is 12.2 Å². The Balaban J connectivity index is 1.73. The Hall–Kier alpha value is -1.07. The Bertz CT molecular complexity index is 568. The maximum Gasteiger partial charge on any atom is 0.153 e. The molecule has 1 aromatic carbocycles. The van der Waals surface area contributed by atoms with Crippen LogP contribution in [0.4, 0.5) is 0 Å². The second-order valence-corrected chi connectivity index (χ2v) is 7.58. The van der Waals surface area contributed by atoms with Gasteiger partial charge in [0.1, 0.15) is 11.9 Å². The van der Waals surface area contributed by atoms with Gasteiger partial charge in [-0.2, -0.15) is 0 Å². The van der Waals surface area contributed by atoms with Gasteiger partial charge in [0.25, 0.3) is 0 Å². The first-order valence-electron chi connectivity index (χ1n) is 6.82. The molecule has 1 atom stereocenters. The molecule has 2 heterocycles. The molecule has 2 aliphatic rings. The quantitative estimate of drug-likeness (QED) is 0.887. The van der Waals surface area contributed by atoms with E-state index in [1.807, 2.05) is 12.1 Å². The lowest BCUT2D eigenvalue weighted by Gasteiger charge is -2.24. The molecule has 3 rings (SSSR count). The standard InChI is InChI=1S/C14H19NO3S/c16-19(17)7-1-2-14(10-19)18-13-4-3-11-5-6-15-9-12(11)8-13/h3-4,8,14-15H,1-2,5-7,9-10H2. The molecule has 5 heteroatoms. The zero-order valence-electron chi connectivity index (χ0n) is 10.9. The number of rotatable bonds is 2. The monoisotopic (exact) mass is 281 g/mol. The first-order valence-corrected chi connectivity index (χ1v) is 8.64. The van der Waals surface area contributed by atoms with Gasteiger partial charge >= 0.3 is 0 Å². The molecular formula is C14H19NO3S. The van der Waals surface area contributed by atoms with E-state index >= 15 is 0 Å². The van der Waals surface area contributed by atoms with Gasteiger partial charge in [-0.15, -0.1) is 0 Å². The molecule has 1 unspecified atom stereocenters. The van der Waals surface area contributed by atoms with E-state index in [-0.39, 0.29) is 11.9 Å². The van der Waals surface area contributed by atoms with Gasteiger partial charge in [0.15, 0.2) is 9.84 Å². The van der Waals surface area contributed by atoms with Crippen molar-refractivity contribution < 1.29 is 13.2 Å². The molecule has 0 aromatic heterocycles. The van der Waals surface area contributed by atoms with Crippen molar-refractivity contribution in [1.82, 2.24) is 5.32 Å². The summed E-state index contributed by atoms with van der Waals surface area (Å²) in [7, 11) is -2.91. The van der Waals surface area contributed by atoms with E-state index in [4.69, 9.17) is 4.74 Å². The predicted octanol–water partition coefficient (Wildman–Crippen LogP) is 1.29. The van der Waals surface area contributed by atoms with Gasteiger partial charge in [-0.1, -0.05) is 6.07 Å². The Morgan fingerprint density at radius 2 is 2.16 bits per heavy atom. The van der Waals surface area contributed by atoms with Crippen LogP contribution in [0.2, 0.25) is 0 Å². The number of hydrogen-bond acceptors (Lipinski definition) is 4. The van der Waals surface area contributed by atoms with Crippen molar-refractivity contribution in [2.45, 2.75) is 31.9 Å². The number of nitrogens with one attached hydrogen (secondary N) is 1. The molecule has 1 fully saturated rings. The lowest BCUT2D eigenvalue weighted by Crippen LogP contribution is -2.33. The third-order valence-corrected chi connectivity index (χ3v) is 5.58. The van der Waals surface area contributed by atoms with Gasteiger partial charge in [-0.25, -0.2) is 8.42 Å². The molecule has 104 valence electrons. The van der Waals surface area contributed by atoms with Crippen molar-refractivity contribution in [1.29, 1.82) is 0 Å². The van der Waals surface area contributed by atoms with Gasteiger partial charge in [-0.3, -0.25) is 0 Å². The summed E-state index contributed by atoms with van der Waals surface area (Å²) in [5.41, 5.74) is 2.63. The largest absolute Gasteiger partial charge is 0.489 e. The highest BCUT2D eigenvalue weighted by Gasteiger charge is 2.26. The number of fused-ring (bicyclic) bond motifs is 1. The van der Waals surface area contributed by atoms with Crippen molar-refractivity contribution in [3.05, 3.63) is 29.3 Å². The SMILES string of the molecule is O=S1(=O)CCCC(Oc2ccc3c(c2)CNCC3)C1. The van der Waals surface area contributed by atoms with E-state index in [9.17, 15) is 8.42 Å². The molecule has 1 aromatic rings. The van der Waals surface area contributed by atoms with Crippen molar-refractivity contribution >= 4 is 9.84 Å². The van der Waals surface area contributed by atoms with E-state index in [1.165, 1.54) is 11.1 Å². The van der Waals surface area contributed by atoms with Crippen molar-refractivity contribution in [2.24, 2.45) is 0 Å². The van der Waals surface area contributed by atoms with Gasteiger partial charge in [0, 0.05) is 6.54 Å². The summed E-state index contributed by atoms with van der Waals surface area (Å²) in [5, 5.41) is 3.33. The molecule has 19 heavy (non-hydrogen) atoms. The van der Waals surface area contributed by atoms with Crippen molar-refractivity contribution in [3.63, 3.8) is 0 Å². The van der Waals surface area contributed by atoms with Crippen LogP contribution in [0, 0.1) is 0 Å². The predicted molar refractivity (Wildman–Crippen MR) is 74.2 cm³/mol. The molecule has 4 nitrogen and oxygen atoms in total. The maximum atomic E-state index is 11.6. The summed E-state index contributed by atoms with van der Waals surface area (Å²) in [6.07, 6.45) is 2.40. The highest BCUT2D eigenvalue weighted by molar-refractivity contribution is 7.91. The van der Waals surface area contributed by atoms with Crippen LogP contribution in [0.5, 0.6) is 5.75 Å². The van der Waals surface area contributed by atoms with Gasteiger partial charge in [0.2, 0.25) is 0 Å². The number of sulfone groups is 1. The van der Waals surface area contributed by atoms with E-state index in [2.05, 4.69) is 11.4 Å². The summed E-state index contributed by atoms with van der Waals surface area (Å²) in [6.45, 7) is 1.89. The summed E-state index contributed by atoms with van der Waals surface area (Å²) in [4.78, 5) is 0. The zero-order chi connectivity index (χ0) is 13.3. The Kier molecular flexibility index (Phi) is 3.50. The average Bonchev–Trinajstić information content (AvgIpc) is 2.37. The van der Waals surface area contributed by atoms with Crippen LogP contribution < -0.4 is 10.1 Å². The van der Waals surface area contributed by atoms with Crippen LogP contribution in [-0.4, -0.2) is 32.6 Å². The Labute approximate surface area is 114 Å². The summed E-state index contributed by atoms with van der Waals surface area (Å²) in [5.74, 6) is 1.26. The zero-order valence-corrected chi connectivity index (χ0v) is 11.7. The maximum absolute atomic E-state index is 11.6. The molecule has 0 radical (unpaired) electrons. The fourth-order valence-electron chi connectivity index (χ4n) is 2.80. The van der Waals surface area contributed by atoms with Gasteiger partial charge < -0.3 is 10.1 Å². The molecule has 1 N–H and O–H groups in total. The Morgan fingerprint density at radius 1 is 1.26 bits per heavy atom. The minimum atomic E-state index is -2.91. The lowest BCUT2D eigenvalue weighted by atomic mass is 10.0. The molecule has 0 spiro atoms. The van der Waals surface area contributed by atoms with E-state index < -0.39 is 9.84 Å². The van der Waals surface area contributed by atoms with Crippen LogP contribution in [0.15, 0.2) is 18.2 Å². The summed E-state index contributed by atoms with van der Waals surface area (Å²) < 4.78 is 29.0. The van der Waals surface area contributed by atoms with Gasteiger partial charge in [0.05, 0.1) is 11.5 Å². The third-order valence-electron chi connectivity index (χ3n) is 3.79. The average molecular weight is 281 g/mol. The molecule has 1 saturated heterocycles. The fourth-order valence-corrected chi connectivity index (χ4v) is 4.37. The summed E-state index contributed by atoms with van der Waals surface area (Å²) in [6, 6.07) is 6.11. The third kappa shape index (κ3) is 3.09. The number of hydrogen-bond donors (Lipinski definition) is 1. The second-order valence-electron chi connectivity index (χ2n) is 5.35. The highest BCUT2D eigenvalue weighted by atomic mass is 32.2. The van der Waals surface area contributed by atoms with Crippen LogP contribution in [0.3, 0.4) is 0 Å².